The van der Waals surface area contributed by atoms with Crippen molar-refractivity contribution in [3.05, 3.63) is 113 Å². The second-order valence-electron chi connectivity index (χ2n) is 5.85. The van der Waals surface area contributed by atoms with Gasteiger partial charge < -0.3 is 5.21 Å². The Morgan fingerprint density at radius 2 is 1.38 bits per heavy atom. The van der Waals surface area contributed by atoms with E-state index in [9.17, 15) is 10.0 Å². The zero-order valence-corrected chi connectivity index (χ0v) is 12.9. The molecule has 3 nitrogen and oxygen atoms in total. The standard InChI is InChI=1S/C21H15NO2/c23-19-11-12-20-16(15-19)13-14-21(22(20)24,17-7-3-1-4-8-17)18-9-5-2-6-10-18/h1-15H. The molecule has 1 aliphatic heterocycles. The van der Waals surface area contributed by atoms with E-state index in [-0.39, 0.29) is 5.78 Å². The van der Waals surface area contributed by atoms with Crippen LogP contribution in [-0.4, -0.2) is 16.2 Å². The molecule has 116 valence electrons. The molecule has 1 heterocycles. The number of carbonyl (C=O) groups excluding carboxylic acids is 1. The molecule has 0 radical (unpaired) electrons. The van der Waals surface area contributed by atoms with E-state index in [4.69, 9.17) is 0 Å². The average Bonchev–Trinajstić information content (AvgIpc) is 2.64. The summed E-state index contributed by atoms with van der Waals surface area (Å²) in [7, 11) is 0. The number of hydrogen-bond donors (Lipinski definition) is 0. The van der Waals surface area contributed by atoms with Crippen molar-refractivity contribution in [1.29, 1.82) is 0 Å². The van der Waals surface area contributed by atoms with E-state index in [1.54, 1.807) is 6.08 Å². The highest BCUT2D eigenvalue weighted by Crippen LogP contribution is 2.38. The number of ketones is 1. The Morgan fingerprint density at radius 3 is 1.96 bits per heavy atom. The minimum atomic E-state index is -0.945. The van der Waals surface area contributed by atoms with E-state index in [1.807, 2.05) is 72.8 Å². The molecule has 0 fully saturated rings. The molecule has 2 aromatic carbocycles. The normalized spacial score (nSPS) is 18.3. The van der Waals surface area contributed by atoms with Gasteiger partial charge in [-0.15, -0.1) is 0 Å². The van der Waals surface area contributed by atoms with Crippen LogP contribution in [0, 0.1) is 5.21 Å². The Kier molecular flexibility index (Phi) is 3.28. The molecule has 4 rings (SSSR count). The van der Waals surface area contributed by atoms with Crippen LogP contribution in [0.4, 0.5) is 0 Å². The predicted octanol–water partition coefficient (Wildman–Crippen LogP) is 3.52. The van der Waals surface area contributed by atoms with Gasteiger partial charge in [0.25, 0.3) is 0 Å². The minimum absolute atomic E-state index is 0.0984. The van der Waals surface area contributed by atoms with E-state index in [0.717, 1.165) is 15.9 Å². The lowest BCUT2D eigenvalue weighted by molar-refractivity contribution is -0.530. The topological polar surface area (TPSA) is 43.1 Å². The molecule has 0 saturated heterocycles. The number of allylic oxidation sites excluding steroid dienone is 5. The minimum Gasteiger partial charge on any atom is -0.622 e. The molecule has 0 amide bonds. The Hall–Kier alpha value is -3.20. The summed E-state index contributed by atoms with van der Waals surface area (Å²) in [5.74, 6) is -0.0984. The Morgan fingerprint density at radius 1 is 0.792 bits per heavy atom. The average molecular weight is 313 g/mol. The number of fused-ring (bicyclic) bond motifs is 1. The van der Waals surface area contributed by atoms with Gasteiger partial charge in [-0.1, -0.05) is 60.7 Å². The van der Waals surface area contributed by atoms with Crippen molar-refractivity contribution < 1.29 is 9.53 Å². The van der Waals surface area contributed by atoms with Crippen molar-refractivity contribution in [2.24, 2.45) is 0 Å². The Labute approximate surface area is 140 Å². The van der Waals surface area contributed by atoms with E-state index in [0.29, 0.717) is 11.3 Å². The van der Waals surface area contributed by atoms with Crippen LogP contribution in [-0.2, 0) is 10.3 Å². The zero-order chi connectivity index (χ0) is 16.6. The molecule has 0 N–H and O–H groups in total. The van der Waals surface area contributed by atoms with Gasteiger partial charge in [0, 0.05) is 17.2 Å². The summed E-state index contributed by atoms with van der Waals surface area (Å²) in [6.07, 6.45) is 8.28. The molecule has 3 heteroatoms. The fourth-order valence-electron chi connectivity index (χ4n) is 3.30. The summed E-state index contributed by atoms with van der Waals surface area (Å²) in [6, 6.07) is 19.4. The lowest BCUT2D eigenvalue weighted by atomic mass is 9.79. The van der Waals surface area contributed by atoms with Crippen LogP contribution in [0.15, 0.2) is 96.6 Å². The smallest absolute Gasteiger partial charge is 0.242 e. The maximum absolute atomic E-state index is 13.4. The van der Waals surface area contributed by atoms with Crippen molar-refractivity contribution >= 4 is 11.5 Å². The largest absolute Gasteiger partial charge is 0.622 e. The number of rotatable bonds is 2. The first-order valence-electron chi connectivity index (χ1n) is 7.80. The molecule has 2 aromatic rings. The summed E-state index contributed by atoms with van der Waals surface area (Å²) in [5.41, 5.74) is 1.99. The van der Waals surface area contributed by atoms with Gasteiger partial charge in [-0.3, -0.25) is 4.79 Å². The van der Waals surface area contributed by atoms with Crippen molar-refractivity contribution in [2.75, 3.05) is 0 Å². The molecule has 0 aromatic heterocycles. The van der Waals surface area contributed by atoms with E-state index >= 15 is 0 Å². The second kappa shape index (κ2) is 5.46. The molecule has 2 aliphatic rings. The fraction of sp³-hybridized carbons (Fsp3) is 0.0476. The predicted molar refractivity (Wildman–Crippen MR) is 93.7 cm³/mol. The van der Waals surface area contributed by atoms with Gasteiger partial charge >= 0.3 is 0 Å². The van der Waals surface area contributed by atoms with Crippen molar-refractivity contribution in [3.8, 4) is 0 Å². The first kappa shape index (κ1) is 14.4. The van der Waals surface area contributed by atoms with Crippen LogP contribution in [0.2, 0.25) is 0 Å². The van der Waals surface area contributed by atoms with Gasteiger partial charge in [-0.25, -0.2) is 0 Å². The number of hydroxylamine groups is 1. The summed E-state index contributed by atoms with van der Waals surface area (Å²) in [5, 5.41) is 13.4. The summed E-state index contributed by atoms with van der Waals surface area (Å²) in [4.78, 5) is 11.6. The highest BCUT2D eigenvalue weighted by molar-refractivity contribution is 6.19. The molecule has 0 unspecified atom stereocenters. The molecule has 0 spiro atoms. The van der Waals surface area contributed by atoms with E-state index in [2.05, 4.69) is 0 Å². The molecule has 0 atom stereocenters. The highest BCUT2D eigenvalue weighted by atomic mass is 16.5. The molecule has 24 heavy (non-hydrogen) atoms. The number of hydrogen-bond acceptors (Lipinski definition) is 2. The molecule has 0 saturated carbocycles. The third-order valence-corrected chi connectivity index (χ3v) is 4.47. The van der Waals surface area contributed by atoms with Crippen LogP contribution in [0.3, 0.4) is 0 Å². The highest BCUT2D eigenvalue weighted by Gasteiger charge is 2.44. The van der Waals surface area contributed by atoms with Crippen LogP contribution in [0.25, 0.3) is 0 Å². The van der Waals surface area contributed by atoms with E-state index < -0.39 is 5.54 Å². The quantitative estimate of drug-likeness (QED) is 0.484. The zero-order valence-electron chi connectivity index (χ0n) is 12.9. The van der Waals surface area contributed by atoms with E-state index in [1.165, 1.54) is 12.2 Å². The number of benzene rings is 2. The number of carbonyl (C=O) groups is 1. The monoisotopic (exact) mass is 313 g/mol. The molecular weight excluding hydrogens is 298 g/mol. The first-order valence-corrected chi connectivity index (χ1v) is 7.80. The number of nitrogens with zero attached hydrogens (tertiary/aromatic N) is 1. The van der Waals surface area contributed by atoms with Crippen molar-refractivity contribution in [1.82, 2.24) is 0 Å². The second-order valence-corrected chi connectivity index (χ2v) is 5.85. The SMILES string of the molecule is O=C1C=CC2=[N+]([O-])C(c3ccccc3)(c3ccccc3)C=CC2=C1. The van der Waals surface area contributed by atoms with Gasteiger partial charge in [0.2, 0.25) is 11.3 Å². The lowest BCUT2D eigenvalue weighted by Gasteiger charge is -2.34. The van der Waals surface area contributed by atoms with Crippen molar-refractivity contribution in [2.45, 2.75) is 5.54 Å². The van der Waals surface area contributed by atoms with Crippen molar-refractivity contribution in [3.63, 3.8) is 0 Å². The summed E-state index contributed by atoms with van der Waals surface area (Å²) in [6.45, 7) is 0. The third kappa shape index (κ3) is 2.06. The maximum atomic E-state index is 13.4. The molecule has 1 aliphatic carbocycles. The Bertz CT molecular complexity index is 879. The third-order valence-electron chi connectivity index (χ3n) is 4.47. The van der Waals surface area contributed by atoms with Crippen LogP contribution in [0.5, 0.6) is 0 Å². The lowest BCUT2D eigenvalue weighted by Crippen LogP contribution is -2.42. The van der Waals surface area contributed by atoms with Crippen LogP contribution >= 0.6 is 0 Å². The molecular formula is C21H15NO2. The van der Waals surface area contributed by atoms with Crippen LogP contribution in [0.1, 0.15) is 11.1 Å². The molecule has 0 bridgehead atoms. The van der Waals surface area contributed by atoms with Gasteiger partial charge in [0.15, 0.2) is 5.78 Å². The fourth-order valence-corrected chi connectivity index (χ4v) is 3.30. The van der Waals surface area contributed by atoms with Gasteiger partial charge in [0.05, 0.1) is 5.57 Å². The Balaban J connectivity index is 2.02. The van der Waals surface area contributed by atoms with Crippen LogP contribution < -0.4 is 0 Å². The van der Waals surface area contributed by atoms with Gasteiger partial charge in [0.1, 0.15) is 0 Å². The first-order chi connectivity index (χ1) is 11.7. The van der Waals surface area contributed by atoms with Gasteiger partial charge in [-0.05, 0) is 24.3 Å². The summed E-state index contributed by atoms with van der Waals surface area (Å²) >= 11 is 0. The van der Waals surface area contributed by atoms with Gasteiger partial charge in [-0.2, -0.15) is 4.74 Å². The maximum Gasteiger partial charge on any atom is 0.242 e. The summed E-state index contributed by atoms with van der Waals surface area (Å²) < 4.78 is 1.01.